The summed E-state index contributed by atoms with van der Waals surface area (Å²) in [6.45, 7) is 1.73. The molecule has 70 valence electrons. The molecule has 0 aromatic heterocycles. The average Bonchev–Trinajstić information content (AvgIpc) is 2.01. The largest absolute Gasteiger partial charge is 0.477 e. The van der Waals surface area contributed by atoms with Crippen molar-refractivity contribution in [3.63, 3.8) is 0 Å². The standard InChI is InChI=1S/C8H8ClNO3/c1-2-4-7(8(12)13)5(11)3-6(9)10-4/h2-3H2,1H3,(H,12,13). The predicted molar refractivity (Wildman–Crippen MR) is 47.9 cm³/mol. The molecule has 0 fully saturated rings. The highest BCUT2D eigenvalue weighted by Crippen LogP contribution is 2.20. The highest BCUT2D eigenvalue weighted by molar-refractivity contribution is 6.67. The Labute approximate surface area is 79.9 Å². The molecule has 0 radical (unpaired) electrons. The van der Waals surface area contributed by atoms with E-state index in [1.165, 1.54) is 0 Å². The number of carbonyl (C=O) groups is 2. The van der Waals surface area contributed by atoms with Gasteiger partial charge in [0, 0.05) is 0 Å². The number of carboxylic acids is 1. The molecule has 1 N–H and O–H groups in total. The van der Waals surface area contributed by atoms with Gasteiger partial charge in [-0.25, -0.2) is 9.79 Å². The number of carbonyl (C=O) groups excluding carboxylic acids is 1. The topological polar surface area (TPSA) is 66.7 Å². The van der Waals surface area contributed by atoms with Gasteiger partial charge >= 0.3 is 5.97 Å². The number of hydrogen-bond donors (Lipinski definition) is 1. The lowest BCUT2D eigenvalue weighted by Gasteiger charge is -2.10. The lowest BCUT2D eigenvalue weighted by Crippen LogP contribution is -2.20. The van der Waals surface area contributed by atoms with Crippen LogP contribution < -0.4 is 0 Å². The molecule has 1 aliphatic heterocycles. The van der Waals surface area contributed by atoms with Gasteiger partial charge in [-0.2, -0.15) is 0 Å². The molecule has 4 nitrogen and oxygen atoms in total. The summed E-state index contributed by atoms with van der Waals surface area (Å²) in [6, 6.07) is 0. The predicted octanol–water partition coefficient (Wildman–Crippen LogP) is 1.35. The van der Waals surface area contributed by atoms with Crippen molar-refractivity contribution in [1.82, 2.24) is 0 Å². The first kappa shape index (κ1) is 9.92. The van der Waals surface area contributed by atoms with Gasteiger partial charge in [-0.15, -0.1) is 0 Å². The summed E-state index contributed by atoms with van der Waals surface area (Å²) in [4.78, 5) is 25.7. The Kier molecular flexibility index (Phi) is 2.83. The highest BCUT2D eigenvalue weighted by atomic mass is 35.5. The van der Waals surface area contributed by atoms with Crippen LogP contribution in [-0.4, -0.2) is 22.0 Å². The summed E-state index contributed by atoms with van der Waals surface area (Å²) in [6.07, 6.45) is 0.288. The summed E-state index contributed by atoms with van der Waals surface area (Å²) in [5.74, 6) is -1.70. The van der Waals surface area contributed by atoms with E-state index < -0.39 is 11.8 Å². The third kappa shape index (κ3) is 1.95. The van der Waals surface area contributed by atoms with E-state index in [0.29, 0.717) is 6.42 Å². The molecule has 1 rings (SSSR count). The van der Waals surface area contributed by atoms with Crippen LogP contribution >= 0.6 is 11.6 Å². The molecule has 0 bridgehead atoms. The Morgan fingerprint density at radius 3 is 2.77 bits per heavy atom. The third-order valence-corrected chi connectivity index (χ3v) is 1.90. The summed E-state index contributed by atoms with van der Waals surface area (Å²) < 4.78 is 0. The van der Waals surface area contributed by atoms with E-state index in [9.17, 15) is 9.59 Å². The zero-order valence-electron chi connectivity index (χ0n) is 7.00. The lowest BCUT2D eigenvalue weighted by atomic mass is 10.0. The molecule has 13 heavy (non-hydrogen) atoms. The van der Waals surface area contributed by atoms with Crippen molar-refractivity contribution in [2.75, 3.05) is 0 Å². The summed E-state index contributed by atoms with van der Waals surface area (Å²) in [5, 5.41) is 8.86. The van der Waals surface area contributed by atoms with Crippen molar-refractivity contribution < 1.29 is 14.7 Å². The number of nitrogens with zero attached hydrogens (tertiary/aromatic N) is 1. The second-order valence-electron chi connectivity index (χ2n) is 2.57. The molecule has 0 saturated carbocycles. The summed E-state index contributed by atoms with van der Waals surface area (Å²) in [5.41, 5.74) is 0.0284. The first-order chi connectivity index (χ1) is 6.06. The summed E-state index contributed by atoms with van der Waals surface area (Å²) >= 11 is 5.56. The first-order valence-corrected chi connectivity index (χ1v) is 4.16. The van der Waals surface area contributed by atoms with Gasteiger partial charge in [0.25, 0.3) is 0 Å². The minimum absolute atomic E-state index is 0.104. The van der Waals surface area contributed by atoms with E-state index in [4.69, 9.17) is 16.7 Å². The van der Waals surface area contributed by atoms with Crippen molar-refractivity contribution in [3.05, 3.63) is 11.3 Å². The van der Waals surface area contributed by atoms with Crippen LogP contribution in [0.5, 0.6) is 0 Å². The number of hydrogen-bond acceptors (Lipinski definition) is 3. The zero-order valence-corrected chi connectivity index (χ0v) is 7.76. The minimum atomic E-state index is -1.23. The molecule has 1 heterocycles. The van der Waals surface area contributed by atoms with Crippen LogP contribution in [0, 0.1) is 0 Å². The van der Waals surface area contributed by atoms with Crippen molar-refractivity contribution in [1.29, 1.82) is 0 Å². The van der Waals surface area contributed by atoms with Crippen molar-refractivity contribution >= 4 is 28.5 Å². The molecular formula is C8H8ClNO3. The Balaban J connectivity index is 3.20. The fourth-order valence-corrected chi connectivity index (χ4v) is 1.35. The molecule has 0 saturated heterocycles. The Hall–Kier alpha value is -1.16. The first-order valence-electron chi connectivity index (χ1n) is 3.79. The van der Waals surface area contributed by atoms with Crippen LogP contribution in [0.4, 0.5) is 0 Å². The average molecular weight is 202 g/mol. The van der Waals surface area contributed by atoms with E-state index in [0.717, 1.165) is 0 Å². The molecule has 1 aliphatic rings. The van der Waals surface area contributed by atoms with Crippen LogP contribution in [0.25, 0.3) is 0 Å². The fraction of sp³-hybridized carbons (Fsp3) is 0.375. The van der Waals surface area contributed by atoms with E-state index >= 15 is 0 Å². The van der Waals surface area contributed by atoms with Crippen LogP contribution in [-0.2, 0) is 9.59 Å². The van der Waals surface area contributed by atoms with Crippen LogP contribution in [0.15, 0.2) is 16.3 Å². The quantitative estimate of drug-likeness (QED) is 0.686. The number of halogens is 1. The second-order valence-corrected chi connectivity index (χ2v) is 3.00. The third-order valence-electron chi connectivity index (χ3n) is 1.68. The lowest BCUT2D eigenvalue weighted by molar-refractivity contribution is -0.134. The Morgan fingerprint density at radius 1 is 1.69 bits per heavy atom. The summed E-state index contributed by atoms with van der Waals surface area (Å²) in [7, 11) is 0. The number of allylic oxidation sites excluding steroid dienone is 1. The number of ketones is 1. The van der Waals surface area contributed by atoms with Crippen LogP contribution in [0.2, 0.25) is 0 Å². The monoisotopic (exact) mass is 201 g/mol. The van der Waals surface area contributed by atoms with Gasteiger partial charge in [0.1, 0.15) is 10.7 Å². The fourth-order valence-electron chi connectivity index (χ4n) is 1.12. The number of aliphatic carboxylic acids is 1. The van der Waals surface area contributed by atoms with Gasteiger partial charge in [-0.05, 0) is 6.42 Å². The molecule has 0 aromatic carbocycles. The van der Waals surface area contributed by atoms with Gasteiger partial charge in [0.15, 0.2) is 5.78 Å². The van der Waals surface area contributed by atoms with Crippen molar-refractivity contribution in [3.8, 4) is 0 Å². The number of aliphatic imine (C=N–C) groups is 1. The van der Waals surface area contributed by atoms with Gasteiger partial charge in [-0.3, -0.25) is 4.79 Å². The molecule has 0 atom stereocenters. The molecule has 0 unspecified atom stereocenters. The maximum absolute atomic E-state index is 11.2. The molecule has 0 aromatic rings. The molecular weight excluding hydrogens is 194 g/mol. The maximum atomic E-state index is 11.2. The molecule has 0 amide bonds. The van der Waals surface area contributed by atoms with Crippen LogP contribution in [0.3, 0.4) is 0 Å². The van der Waals surface area contributed by atoms with Crippen LogP contribution in [0.1, 0.15) is 19.8 Å². The van der Waals surface area contributed by atoms with Crippen molar-refractivity contribution in [2.24, 2.45) is 4.99 Å². The van der Waals surface area contributed by atoms with E-state index in [1.807, 2.05) is 0 Å². The Bertz CT molecular complexity index is 330. The number of rotatable bonds is 2. The minimum Gasteiger partial charge on any atom is -0.477 e. The van der Waals surface area contributed by atoms with Gasteiger partial charge in [0.2, 0.25) is 0 Å². The molecule has 0 aliphatic carbocycles. The Morgan fingerprint density at radius 2 is 2.31 bits per heavy atom. The van der Waals surface area contributed by atoms with Gasteiger partial charge in [0.05, 0.1) is 12.1 Å². The van der Waals surface area contributed by atoms with Gasteiger partial charge < -0.3 is 5.11 Å². The van der Waals surface area contributed by atoms with Gasteiger partial charge in [-0.1, -0.05) is 18.5 Å². The second kappa shape index (κ2) is 3.70. The molecule has 5 heteroatoms. The van der Waals surface area contributed by atoms with E-state index in [2.05, 4.69) is 4.99 Å². The van der Waals surface area contributed by atoms with Crippen molar-refractivity contribution in [2.45, 2.75) is 19.8 Å². The normalized spacial score (nSPS) is 17.4. The number of carboxylic acid groups (broad SMARTS) is 1. The SMILES string of the molecule is CCC1=C(C(=O)O)C(=O)CC(Cl)=N1. The van der Waals surface area contributed by atoms with E-state index in [1.54, 1.807) is 6.92 Å². The highest BCUT2D eigenvalue weighted by Gasteiger charge is 2.26. The molecule has 0 spiro atoms. The number of Topliss-reactive ketones (excluding diaryl/α,β-unsaturated/α-hetero) is 1. The zero-order chi connectivity index (χ0) is 10.0. The smallest absolute Gasteiger partial charge is 0.341 e. The van der Waals surface area contributed by atoms with E-state index in [-0.39, 0.29) is 22.9 Å². The maximum Gasteiger partial charge on any atom is 0.341 e.